The van der Waals surface area contributed by atoms with Crippen molar-refractivity contribution in [3.63, 3.8) is 0 Å². The van der Waals surface area contributed by atoms with Crippen LogP contribution >= 0.6 is 0 Å². The molecule has 0 radical (unpaired) electrons. The fourth-order valence-electron chi connectivity index (χ4n) is 6.06. The van der Waals surface area contributed by atoms with Gasteiger partial charge in [-0.3, -0.25) is 0 Å². The van der Waals surface area contributed by atoms with Crippen LogP contribution in [0.15, 0.2) is 0 Å². The average molecular weight is 276 g/mol. The van der Waals surface area contributed by atoms with E-state index in [0.717, 1.165) is 30.8 Å². The maximum absolute atomic E-state index is 12.4. The standard InChI is InChI=1S/C17H28N2O/c1-12(18-16(20)19-4-2-3-5-19)17-9-13-6-14(10-17)8-15(7-13)11-17/h12-15H,2-11H2,1H3,(H,18,20). The van der Waals surface area contributed by atoms with Gasteiger partial charge in [-0.1, -0.05) is 0 Å². The molecule has 3 nitrogen and oxygen atoms in total. The zero-order valence-corrected chi connectivity index (χ0v) is 12.7. The van der Waals surface area contributed by atoms with Crippen molar-refractivity contribution < 1.29 is 4.79 Å². The Labute approximate surface area is 122 Å². The summed E-state index contributed by atoms with van der Waals surface area (Å²) in [6.45, 7) is 4.19. The molecule has 0 aromatic heterocycles. The minimum Gasteiger partial charge on any atom is -0.335 e. The Hall–Kier alpha value is -0.730. The summed E-state index contributed by atoms with van der Waals surface area (Å²) >= 11 is 0. The molecule has 4 aliphatic carbocycles. The molecule has 4 saturated carbocycles. The normalized spacial score (nSPS) is 43.9. The maximum atomic E-state index is 12.4. The molecule has 112 valence electrons. The molecule has 5 aliphatic rings. The topological polar surface area (TPSA) is 32.3 Å². The molecule has 1 atom stereocenters. The van der Waals surface area contributed by atoms with Crippen LogP contribution in [0, 0.1) is 23.2 Å². The van der Waals surface area contributed by atoms with E-state index in [1.54, 1.807) is 0 Å². The molecule has 0 spiro atoms. The van der Waals surface area contributed by atoms with E-state index < -0.39 is 0 Å². The number of rotatable bonds is 2. The SMILES string of the molecule is CC(NC(=O)N1CCCC1)C12CC3CC(CC(C3)C1)C2. The molecule has 2 amide bonds. The Bertz CT molecular complexity index is 365. The van der Waals surface area contributed by atoms with Crippen LogP contribution in [0.5, 0.6) is 0 Å². The van der Waals surface area contributed by atoms with Gasteiger partial charge >= 0.3 is 6.03 Å². The van der Waals surface area contributed by atoms with Gasteiger partial charge in [0.25, 0.3) is 0 Å². The summed E-state index contributed by atoms with van der Waals surface area (Å²) in [5, 5.41) is 3.37. The van der Waals surface area contributed by atoms with E-state index in [4.69, 9.17) is 0 Å². The van der Waals surface area contributed by atoms with Crippen LogP contribution in [-0.4, -0.2) is 30.1 Å². The predicted octanol–water partition coefficient (Wildman–Crippen LogP) is 3.40. The van der Waals surface area contributed by atoms with E-state index in [-0.39, 0.29) is 6.03 Å². The number of hydrogen-bond acceptors (Lipinski definition) is 1. The van der Waals surface area contributed by atoms with Gasteiger partial charge in [-0.2, -0.15) is 0 Å². The van der Waals surface area contributed by atoms with Crippen molar-refractivity contribution in [1.29, 1.82) is 0 Å². The van der Waals surface area contributed by atoms with Crippen molar-refractivity contribution in [2.24, 2.45) is 23.2 Å². The zero-order valence-electron chi connectivity index (χ0n) is 12.7. The number of nitrogens with zero attached hydrogens (tertiary/aromatic N) is 1. The molecule has 0 aromatic carbocycles. The summed E-state index contributed by atoms with van der Waals surface area (Å²) in [7, 11) is 0. The van der Waals surface area contributed by atoms with Crippen molar-refractivity contribution in [2.75, 3.05) is 13.1 Å². The number of likely N-dealkylation sites (tertiary alicyclic amines) is 1. The summed E-state index contributed by atoms with van der Waals surface area (Å²) < 4.78 is 0. The van der Waals surface area contributed by atoms with Crippen LogP contribution in [0.4, 0.5) is 4.79 Å². The van der Waals surface area contributed by atoms with Crippen molar-refractivity contribution in [3.05, 3.63) is 0 Å². The second kappa shape index (κ2) is 4.64. The quantitative estimate of drug-likeness (QED) is 0.823. The van der Waals surface area contributed by atoms with Crippen molar-refractivity contribution in [3.8, 4) is 0 Å². The lowest BCUT2D eigenvalue weighted by molar-refractivity contribution is -0.0686. The Kier molecular flexibility index (Phi) is 3.01. The summed E-state index contributed by atoms with van der Waals surface area (Å²) in [5.41, 5.74) is 0.435. The lowest BCUT2D eigenvalue weighted by Crippen LogP contribution is -2.57. The van der Waals surface area contributed by atoms with Crippen LogP contribution in [0.2, 0.25) is 0 Å². The van der Waals surface area contributed by atoms with Gasteiger partial charge in [0, 0.05) is 19.1 Å². The summed E-state index contributed by atoms with van der Waals surface area (Å²) in [5.74, 6) is 2.90. The van der Waals surface area contributed by atoms with E-state index in [0.29, 0.717) is 11.5 Å². The van der Waals surface area contributed by atoms with E-state index >= 15 is 0 Å². The molecule has 1 N–H and O–H groups in total. The third-order valence-electron chi connectivity index (χ3n) is 6.74. The molecule has 1 aliphatic heterocycles. The van der Waals surface area contributed by atoms with E-state index in [1.807, 2.05) is 4.90 Å². The van der Waals surface area contributed by atoms with Gasteiger partial charge in [0.1, 0.15) is 0 Å². The highest BCUT2D eigenvalue weighted by atomic mass is 16.2. The number of hydrogen-bond donors (Lipinski definition) is 1. The number of amides is 2. The Morgan fingerprint density at radius 1 is 1.05 bits per heavy atom. The van der Waals surface area contributed by atoms with Crippen molar-refractivity contribution in [2.45, 2.75) is 64.3 Å². The lowest BCUT2D eigenvalue weighted by Gasteiger charge is -2.59. The van der Waals surface area contributed by atoms with Gasteiger partial charge in [-0.05, 0) is 81.5 Å². The Balaban J connectivity index is 1.45. The first-order valence-corrected chi connectivity index (χ1v) is 8.70. The molecule has 4 bridgehead atoms. The average Bonchev–Trinajstić information content (AvgIpc) is 2.90. The first-order chi connectivity index (χ1) is 9.64. The van der Waals surface area contributed by atoms with Gasteiger partial charge in [-0.25, -0.2) is 4.79 Å². The maximum Gasteiger partial charge on any atom is 0.317 e. The monoisotopic (exact) mass is 276 g/mol. The molecule has 20 heavy (non-hydrogen) atoms. The summed E-state index contributed by atoms with van der Waals surface area (Å²) in [6.07, 6.45) is 10.9. The second-order valence-electron chi connectivity index (χ2n) is 8.15. The number of carbonyl (C=O) groups excluding carboxylic acids is 1. The molecule has 1 heterocycles. The van der Waals surface area contributed by atoms with Gasteiger partial charge in [0.05, 0.1) is 0 Å². The van der Waals surface area contributed by atoms with E-state index in [1.165, 1.54) is 51.4 Å². The molecule has 3 heteroatoms. The summed E-state index contributed by atoms with van der Waals surface area (Å²) in [6, 6.07) is 0.565. The lowest BCUT2D eigenvalue weighted by atomic mass is 9.48. The molecule has 1 unspecified atom stereocenters. The molecule has 1 saturated heterocycles. The third-order valence-corrected chi connectivity index (χ3v) is 6.74. The summed E-state index contributed by atoms with van der Waals surface area (Å²) in [4.78, 5) is 14.4. The van der Waals surface area contributed by atoms with Crippen LogP contribution in [0.1, 0.15) is 58.3 Å². The number of carbonyl (C=O) groups is 1. The molecular formula is C17H28N2O. The highest BCUT2D eigenvalue weighted by molar-refractivity contribution is 5.74. The largest absolute Gasteiger partial charge is 0.335 e. The number of nitrogens with one attached hydrogen (secondary N) is 1. The fourth-order valence-corrected chi connectivity index (χ4v) is 6.06. The van der Waals surface area contributed by atoms with Gasteiger partial charge in [0.2, 0.25) is 0 Å². The van der Waals surface area contributed by atoms with Crippen LogP contribution in [0.3, 0.4) is 0 Å². The minimum atomic E-state index is 0.200. The first kappa shape index (κ1) is 13.0. The van der Waals surface area contributed by atoms with Crippen molar-refractivity contribution >= 4 is 6.03 Å². The fraction of sp³-hybridized carbons (Fsp3) is 0.941. The Morgan fingerprint density at radius 3 is 2.05 bits per heavy atom. The van der Waals surface area contributed by atoms with Crippen LogP contribution in [0.25, 0.3) is 0 Å². The molecule has 5 fully saturated rings. The second-order valence-corrected chi connectivity index (χ2v) is 8.15. The van der Waals surface area contributed by atoms with Gasteiger partial charge in [0.15, 0.2) is 0 Å². The molecule has 0 aromatic rings. The molecular weight excluding hydrogens is 248 g/mol. The third kappa shape index (κ3) is 2.05. The van der Waals surface area contributed by atoms with Crippen LogP contribution < -0.4 is 5.32 Å². The van der Waals surface area contributed by atoms with Gasteiger partial charge in [-0.15, -0.1) is 0 Å². The smallest absolute Gasteiger partial charge is 0.317 e. The highest BCUT2D eigenvalue weighted by Gasteiger charge is 2.53. The van der Waals surface area contributed by atoms with E-state index in [9.17, 15) is 4.79 Å². The van der Waals surface area contributed by atoms with Gasteiger partial charge < -0.3 is 10.2 Å². The predicted molar refractivity (Wildman–Crippen MR) is 79.4 cm³/mol. The van der Waals surface area contributed by atoms with Crippen molar-refractivity contribution in [1.82, 2.24) is 10.2 Å². The van der Waals surface area contributed by atoms with E-state index in [2.05, 4.69) is 12.2 Å². The first-order valence-electron chi connectivity index (χ1n) is 8.70. The number of urea groups is 1. The highest BCUT2D eigenvalue weighted by Crippen LogP contribution is 2.61. The van der Waals surface area contributed by atoms with Crippen LogP contribution in [-0.2, 0) is 0 Å². The zero-order chi connectivity index (χ0) is 13.7. The Morgan fingerprint density at radius 2 is 1.55 bits per heavy atom. The minimum absolute atomic E-state index is 0.200. The molecule has 5 rings (SSSR count).